The Kier molecular flexibility index (Phi) is 6.87. The molecule has 1 saturated heterocycles. The van der Waals surface area contributed by atoms with Crippen LogP contribution < -0.4 is 16.0 Å². The number of hydrogen-bond donors (Lipinski definition) is 3. The molecule has 168 valence electrons. The van der Waals surface area contributed by atoms with Gasteiger partial charge in [-0.2, -0.15) is 5.10 Å². The lowest BCUT2D eigenvalue weighted by atomic mass is 9.88. The standard InChI is InChI=1S/C23H35N7O/c1-17(19-7-5-4-6-8-19)28-23(11-13-31-14-12-23)16-25-22(24-3)27-20-9-10-21-26-18(2)29-30(21)15-20/h4-8,17,20,28H,9-16H2,1-3H3,(H2,24,25,27). The second-order valence-corrected chi connectivity index (χ2v) is 8.73. The molecule has 0 bridgehead atoms. The number of nitrogens with one attached hydrogen (secondary N) is 3. The molecule has 8 heteroatoms. The van der Waals surface area contributed by atoms with E-state index in [1.165, 1.54) is 5.56 Å². The first-order chi connectivity index (χ1) is 15.1. The molecule has 0 radical (unpaired) electrons. The van der Waals surface area contributed by atoms with Crippen LogP contribution in [0.25, 0.3) is 0 Å². The zero-order valence-electron chi connectivity index (χ0n) is 18.9. The van der Waals surface area contributed by atoms with E-state index in [9.17, 15) is 0 Å². The predicted molar refractivity (Wildman–Crippen MR) is 122 cm³/mol. The van der Waals surface area contributed by atoms with Gasteiger partial charge in [0.15, 0.2) is 5.96 Å². The topological polar surface area (TPSA) is 88.4 Å². The summed E-state index contributed by atoms with van der Waals surface area (Å²) in [5.74, 6) is 2.77. The maximum Gasteiger partial charge on any atom is 0.191 e. The van der Waals surface area contributed by atoms with Gasteiger partial charge in [0.05, 0.1) is 6.54 Å². The summed E-state index contributed by atoms with van der Waals surface area (Å²) in [6.07, 6.45) is 3.91. The van der Waals surface area contributed by atoms with Gasteiger partial charge in [-0.25, -0.2) is 9.67 Å². The van der Waals surface area contributed by atoms with Gasteiger partial charge in [0.25, 0.3) is 0 Å². The minimum Gasteiger partial charge on any atom is -0.381 e. The number of aryl methyl sites for hydroxylation is 2. The summed E-state index contributed by atoms with van der Waals surface area (Å²) < 4.78 is 7.69. The summed E-state index contributed by atoms with van der Waals surface area (Å²) >= 11 is 0. The molecule has 2 atom stereocenters. The Balaban J connectivity index is 1.37. The maximum atomic E-state index is 5.67. The normalized spacial score (nSPS) is 21.9. The van der Waals surface area contributed by atoms with E-state index in [-0.39, 0.29) is 11.6 Å². The average molecular weight is 426 g/mol. The Morgan fingerprint density at radius 3 is 2.81 bits per heavy atom. The molecule has 0 amide bonds. The van der Waals surface area contributed by atoms with Crippen LogP contribution in [0.4, 0.5) is 0 Å². The Morgan fingerprint density at radius 2 is 2.06 bits per heavy atom. The summed E-state index contributed by atoms with van der Waals surface area (Å²) in [7, 11) is 1.83. The van der Waals surface area contributed by atoms with Gasteiger partial charge in [0, 0.05) is 50.8 Å². The van der Waals surface area contributed by atoms with Gasteiger partial charge < -0.3 is 20.7 Å². The number of guanidine groups is 1. The van der Waals surface area contributed by atoms with Crippen molar-refractivity contribution in [2.75, 3.05) is 26.8 Å². The van der Waals surface area contributed by atoms with Crippen LogP contribution in [0, 0.1) is 6.92 Å². The lowest BCUT2D eigenvalue weighted by molar-refractivity contribution is 0.0354. The Morgan fingerprint density at radius 1 is 1.29 bits per heavy atom. The molecule has 2 unspecified atom stereocenters. The molecule has 0 aliphatic carbocycles. The van der Waals surface area contributed by atoms with Crippen molar-refractivity contribution in [1.29, 1.82) is 0 Å². The van der Waals surface area contributed by atoms with Crippen LogP contribution in [0.3, 0.4) is 0 Å². The van der Waals surface area contributed by atoms with E-state index in [1.54, 1.807) is 0 Å². The highest BCUT2D eigenvalue weighted by Crippen LogP contribution is 2.25. The second-order valence-electron chi connectivity index (χ2n) is 8.73. The maximum absolute atomic E-state index is 5.67. The number of aromatic nitrogens is 3. The average Bonchev–Trinajstić information content (AvgIpc) is 3.17. The predicted octanol–water partition coefficient (Wildman–Crippen LogP) is 1.97. The first kappa shape index (κ1) is 21.8. The summed E-state index contributed by atoms with van der Waals surface area (Å²) in [5, 5.41) is 15.6. The van der Waals surface area contributed by atoms with Gasteiger partial charge in [0.2, 0.25) is 0 Å². The molecule has 0 saturated carbocycles. The van der Waals surface area contributed by atoms with Crippen molar-refractivity contribution in [2.24, 2.45) is 4.99 Å². The minimum absolute atomic E-state index is 0.0339. The molecule has 3 N–H and O–H groups in total. The molecular weight excluding hydrogens is 390 g/mol. The zero-order chi connectivity index (χ0) is 21.7. The van der Waals surface area contributed by atoms with Crippen molar-refractivity contribution in [3.05, 3.63) is 47.5 Å². The van der Waals surface area contributed by atoms with Gasteiger partial charge in [-0.15, -0.1) is 0 Å². The van der Waals surface area contributed by atoms with Crippen LogP contribution >= 0.6 is 0 Å². The smallest absolute Gasteiger partial charge is 0.191 e. The highest BCUT2D eigenvalue weighted by atomic mass is 16.5. The van der Waals surface area contributed by atoms with E-state index in [0.29, 0.717) is 6.04 Å². The van der Waals surface area contributed by atoms with E-state index in [2.05, 4.69) is 68.3 Å². The van der Waals surface area contributed by atoms with Crippen molar-refractivity contribution >= 4 is 5.96 Å². The van der Waals surface area contributed by atoms with E-state index in [4.69, 9.17) is 4.74 Å². The molecule has 2 aliphatic rings. The highest BCUT2D eigenvalue weighted by Gasteiger charge is 2.34. The Labute approximate surface area is 184 Å². The summed E-state index contributed by atoms with van der Waals surface area (Å²) in [6, 6.07) is 11.2. The second kappa shape index (κ2) is 9.78. The molecule has 2 aliphatic heterocycles. The fourth-order valence-corrected chi connectivity index (χ4v) is 4.61. The number of fused-ring (bicyclic) bond motifs is 1. The fraction of sp³-hybridized carbons (Fsp3) is 0.609. The van der Waals surface area contributed by atoms with Gasteiger partial charge >= 0.3 is 0 Å². The molecule has 1 aromatic carbocycles. The van der Waals surface area contributed by atoms with Crippen LogP contribution in [0.5, 0.6) is 0 Å². The Hall–Kier alpha value is -2.45. The van der Waals surface area contributed by atoms with Gasteiger partial charge in [-0.3, -0.25) is 4.99 Å². The zero-order valence-corrected chi connectivity index (χ0v) is 18.9. The molecule has 1 fully saturated rings. The summed E-state index contributed by atoms with van der Waals surface area (Å²) in [5.41, 5.74) is 1.27. The number of aliphatic imine (C=N–C) groups is 1. The van der Waals surface area contributed by atoms with Crippen molar-refractivity contribution in [3.63, 3.8) is 0 Å². The summed E-state index contributed by atoms with van der Waals surface area (Å²) in [6.45, 7) is 7.36. The third-order valence-corrected chi connectivity index (χ3v) is 6.39. The molecule has 8 nitrogen and oxygen atoms in total. The van der Waals surface area contributed by atoms with Gasteiger partial charge in [0.1, 0.15) is 11.6 Å². The van der Waals surface area contributed by atoms with Crippen LogP contribution in [0.1, 0.15) is 49.4 Å². The van der Waals surface area contributed by atoms with E-state index < -0.39 is 0 Å². The molecule has 3 heterocycles. The summed E-state index contributed by atoms with van der Waals surface area (Å²) in [4.78, 5) is 8.99. The lowest BCUT2D eigenvalue weighted by Crippen LogP contribution is -2.59. The Bertz CT molecular complexity index is 873. The first-order valence-corrected chi connectivity index (χ1v) is 11.3. The molecule has 4 rings (SSSR count). The van der Waals surface area contributed by atoms with Crippen LogP contribution in [-0.4, -0.2) is 59.1 Å². The number of benzene rings is 1. The molecular formula is C23H35N7O. The number of ether oxygens (including phenoxy) is 1. The molecule has 1 aromatic heterocycles. The van der Waals surface area contributed by atoms with Crippen molar-refractivity contribution in [3.8, 4) is 0 Å². The number of nitrogens with zero attached hydrogens (tertiary/aromatic N) is 4. The lowest BCUT2D eigenvalue weighted by Gasteiger charge is -2.41. The fourth-order valence-electron chi connectivity index (χ4n) is 4.61. The number of rotatable bonds is 6. The van der Waals surface area contributed by atoms with Crippen LogP contribution in [0.2, 0.25) is 0 Å². The number of hydrogen-bond acceptors (Lipinski definition) is 5. The van der Waals surface area contributed by atoms with Gasteiger partial charge in [-0.05, 0) is 38.7 Å². The molecule has 0 spiro atoms. The molecule has 2 aromatic rings. The van der Waals surface area contributed by atoms with Gasteiger partial charge in [-0.1, -0.05) is 30.3 Å². The monoisotopic (exact) mass is 425 g/mol. The third kappa shape index (κ3) is 5.43. The first-order valence-electron chi connectivity index (χ1n) is 11.3. The van der Waals surface area contributed by atoms with Crippen LogP contribution in [0.15, 0.2) is 35.3 Å². The van der Waals surface area contributed by atoms with E-state index in [0.717, 1.165) is 69.6 Å². The van der Waals surface area contributed by atoms with Crippen molar-refractivity contribution in [2.45, 2.75) is 63.7 Å². The minimum atomic E-state index is -0.0339. The van der Waals surface area contributed by atoms with E-state index >= 15 is 0 Å². The third-order valence-electron chi connectivity index (χ3n) is 6.39. The quantitative estimate of drug-likeness (QED) is 0.484. The largest absolute Gasteiger partial charge is 0.381 e. The van der Waals surface area contributed by atoms with E-state index in [1.807, 2.05) is 18.7 Å². The highest BCUT2D eigenvalue weighted by molar-refractivity contribution is 5.80. The van der Waals surface area contributed by atoms with Crippen LogP contribution in [-0.2, 0) is 17.7 Å². The van der Waals surface area contributed by atoms with Crippen molar-refractivity contribution in [1.82, 2.24) is 30.7 Å². The molecule has 31 heavy (non-hydrogen) atoms. The SMILES string of the molecule is CN=C(NCC1(NC(C)c2ccccc2)CCOCC1)NC1CCc2nc(C)nn2C1. The van der Waals surface area contributed by atoms with Crippen molar-refractivity contribution < 1.29 is 4.74 Å².